The van der Waals surface area contributed by atoms with Gasteiger partial charge in [0.2, 0.25) is 11.8 Å². The molecule has 160 valence electrons. The minimum atomic E-state index is 0.519. The fourth-order valence-corrected chi connectivity index (χ4v) is 3.96. The summed E-state index contributed by atoms with van der Waals surface area (Å²) < 4.78 is 6.97. The van der Waals surface area contributed by atoms with E-state index in [2.05, 4.69) is 93.7 Å². The van der Waals surface area contributed by atoms with Crippen LogP contribution in [0.15, 0.2) is 106 Å². The number of aryl methyl sites for hydroxylation is 1. The highest BCUT2D eigenvalue weighted by atomic mass is 79.9. The van der Waals surface area contributed by atoms with E-state index >= 15 is 0 Å². The van der Waals surface area contributed by atoms with Crippen molar-refractivity contribution in [3.63, 3.8) is 0 Å². The smallest absolute Gasteiger partial charge is 0.248 e. The highest BCUT2D eigenvalue weighted by molar-refractivity contribution is 9.10. The predicted octanol–water partition coefficient (Wildman–Crippen LogP) is 8.31. The first-order chi connectivity index (χ1) is 16.1. The molecule has 5 aromatic rings. The third kappa shape index (κ3) is 5.02. The Balaban J connectivity index is 1.30. The summed E-state index contributed by atoms with van der Waals surface area (Å²) in [5, 5.41) is 8.42. The summed E-state index contributed by atoms with van der Waals surface area (Å²) >= 11 is 3.51. The van der Waals surface area contributed by atoms with Gasteiger partial charge in [-0.1, -0.05) is 94.3 Å². The average Bonchev–Trinajstić information content (AvgIpc) is 3.34. The lowest BCUT2D eigenvalue weighted by Gasteiger charge is -2.04. The van der Waals surface area contributed by atoms with Crippen LogP contribution in [0, 0.1) is 6.92 Å². The van der Waals surface area contributed by atoms with E-state index < -0.39 is 0 Å². The van der Waals surface area contributed by atoms with Gasteiger partial charge in [-0.3, -0.25) is 0 Å². The number of hydrogen-bond donors (Lipinski definition) is 0. The van der Waals surface area contributed by atoms with E-state index in [9.17, 15) is 0 Å². The number of nitrogens with zero attached hydrogens (tertiary/aromatic N) is 2. The van der Waals surface area contributed by atoms with Crippen LogP contribution in [-0.4, -0.2) is 10.2 Å². The Hall–Kier alpha value is -3.76. The number of benzene rings is 4. The Labute approximate surface area is 201 Å². The van der Waals surface area contributed by atoms with E-state index in [0.29, 0.717) is 11.8 Å². The second kappa shape index (κ2) is 9.39. The first kappa shape index (κ1) is 21.1. The molecule has 0 aliphatic carbocycles. The highest BCUT2D eigenvalue weighted by Gasteiger charge is 2.10. The van der Waals surface area contributed by atoms with Crippen molar-refractivity contribution < 1.29 is 4.42 Å². The lowest BCUT2D eigenvalue weighted by atomic mass is 10.0. The molecule has 0 saturated heterocycles. The van der Waals surface area contributed by atoms with Crippen molar-refractivity contribution in [2.24, 2.45) is 0 Å². The van der Waals surface area contributed by atoms with Crippen molar-refractivity contribution in [2.75, 3.05) is 0 Å². The first-order valence-electron chi connectivity index (χ1n) is 10.7. The van der Waals surface area contributed by atoms with Gasteiger partial charge in [-0.25, -0.2) is 0 Å². The van der Waals surface area contributed by atoms with E-state index in [1.165, 1.54) is 5.56 Å². The Morgan fingerprint density at radius 1 is 0.606 bits per heavy atom. The minimum Gasteiger partial charge on any atom is -0.416 e. The quantitative estimate of drug-likeness (QED) is 0.231. The number of halogens is 1. The first-order valence-corrected chi connectivity index (χ1v) is 11.5. The highest BCUT2D eigenvalue weighted by Crippen LogP contribution is 2.27. The number of aromatic nitrogens is 2. The Morgan fingerprint density at radius 3 is 1.73 bits per heavy atom. The molecule has 5 rings (SSSR count). The zero-order valence-electron chi connectivity index (χ0n) is 18.1. The van der Waals surface area contributed by atoms with Crippen LogP contribution >= 0.6 is 15.9 Å². The molecule has 1 heterocycles. The van der Waals surface area contributed by atoms with Gasteiger partial charge < -0.3 is 4.42 Å². The van der Waals surface area contributed by atoms with Crippen LogP contribution in [0.25, 0.3) is 46.2 Å². The summed E-state index contributed by atoms with van der Waals surface area (Å²) in [6.07, 6.45) is 4.24. The Kier molecular flexibility index (Phi) is 6.01. The van der Waals surface area contributed by atoms with E-state index in [1.54, 1.807) is 0 Å². The molecule has 4 aromatic carbocycles. The summed E-state index contributed by atoms with van der Waals surface area (Å²) in [6, 6.07) is 33.0. The molecule has 0 aliphatic heterocycles. The van der Waals surface area contributed by atoms with Gasteiger partial charge in [-0.05, 0) is 65.6 Å². The molecule has 0 radical (unpaired) electrons. The SMILES string of the molecule is Cc1ccc(-c2nnc(-c3ccc(-c4ccc(/C=C/c5cccc(Br)c5)cc4)cc3)o2)cc1. The fraction of sp³-hybridized carbons (Fsp3) is 0.0345. The van der Waals surface area contributed by atoms with Crippen LogP contribution in [0.2, 0.25) is 0 Å². The van der Waals surface area contributed by atoms with Gasteiger partial charge in [-0.15, -0.1) is 10.2 Å². The van der Waals surface area contributed by atoms with Gasteiger partial charge in [0.1, 0.15) is 0 Å². The monoisotopic (exact) mass is 492 g/mol. The molecule has 4 heteroatoms. The summed E-state index contributed by atoms with van der Waals surface area (Å²) in [6.45, 7) is 2.05. The lowest BCUT2D eigenvalue weighted by Crippen LogP contribution is -1.81. The molecule has 0 bridgehead atoms. The van der Waals surface area contributed by atoms with Gasteiger partial charge in [0.15, 0.2) is 0 Å². The van der Waals surface area contributed by atoms with E-state index in [-0.39, 0.29) is 0 Å². The third-order valence-electron chi connectivity index (χ3n) is 5.42. The molecule has 3 nitrogen and oxygen atoms in total. The Bertz CT molecular complexity index is 1400. The maximum absolute atomic E-state index is 5.89. The van der Waals surface area contributed by atoms with Crippen molar-refractivity contribution >= 4 is 28.1 Å². The van der Waals surface area contributed by atoms with E-state index in [0.717, 1.165) is 37.9 Å². The molecule has 1 aromatic heterocycles. The molecule has 33 heavy (non-hydrogen) atoms. The average molecular weight is 493 g/mol. The summed E-state index contributed by atoms with van der Waals surface area (Å²) in [5.41, 5.74) is 7.64. The standard InChI is InChI=1S/C29H21BrN2O/c1-20-5-11-25(12-6-20)28-31-32-29(33-28)26-17-15-24(16-18-26)23-13-9-21(10-14-23)7-8-22-3-2-4-27(30)19-22/h2-19H,1H3/b8-7+. The molecular formula is C29H21BrN2O. The molecule has 0 saturated carbocycles. The number of hydrogen-bond acceptors (Lipinski definition) is 3. The van der Waals surface area contributed by atoms with E-state index in [1.807, 2.05) is 48.5 Å². The van der Waals surface area contributed by atoms with Crippen molar-refractivity contribution in [3.8, 4) is 34.0 Å². The maximum Gasteiger partial charge on any atom is 0.248 e. The zero-order chi connectivity index (χ0) is 22.6. The fourth-order valence-electron chi connectivity index (χ4n) is 3.55. The number of rotatable bonds is 5. The molecular weight excluding hydrogens is 472 g/mol. The largest absolute Gasteiger partial charge is 0.416 e. The molecule has 0 fully saturated rings. The van der Waals surface area contributed by atoms with Crippen LogP contribution in [0.4, 0.5) is 0 Å². The topological polar surface area (TPSA) is 38.9 Å². The molecule has 0 atom stereocenters. The normalized spacial score (nSPS) is 11.2. The van der Waals surface area contributed by atoms with Crippen molar-refractivity contribution in [1.29, 1.82) is 0 Å². The molecule has 0 amide bonds. The van der Waals surface area contributed by atoms with Crippen molar-refractivity contribution in [2.45, 2.75) is 6.92 Å². The predicted molar refractivity (Wildman–Crippen MR) is 138 cm³/mol. The van der Waals surface area contributed by atoms with Gasteiger partial charge in [0, 0.05) is 15.6 Å². The molecule has 0 spiro atoms. The summed E-state index contributed by atoms with van der Waals surface area (Å²) in [7, 11) is 0. The van der Waals surface area contributed by atoms with Crippen LogP contribution < -0.4 is 0 Å². The summed E-state index contributed by atoms with van der Waals surface area (Å²) in [4.78, 5) is 0. The van der Waals surface area contributed by atoms with Crippen LogP contribution in [0.3, 0.4) is 0 Å². The van der Waals surface area contributed by atoms with Crippen LogP contribution in [-0.2, 0) is 0 Å². The van der Waals surface area contributed by atoms with Gasteiger partial charge in [-0.2, -0.15) is 0 Å². The van der Waals surface area contributed by atoms with Gasteiger partial charge >= 0.3 is 0 Å². The zero-order valence-corrected chi connectivity index (χ0v) is 19.7. The Morgan fingerprint density at radius 2 is 1.12 bits per heavy atom. The third-order valence-corrected chi connectivity index (χ3v) is 5.91. The lowest BCUT2D eigenvalue weighted by molar-refractivity contribution is 0.584. The second-order valence-corrected chi connectivity index (χ2v) is 8.78. The van der Waals surface area contributed by atoms with Crippen molar-refractivity contribution in [3.05, 3.63) is 118 Å². The maximum atomic E-state index is 5.89. The van der Waals surface area contributed by atoms with Gasteiger partial charge in [0.25, 0.3) is 0 Å². The summed E-state index contributed by atoms with van der Waals surface area (Å²) in [5.74, 6) is 1.05. The van der Waals surface area contributed by atoms with Crippen LogP contribution in [0.1, 0.15) is 16.7 Å². The van der Waals surface area contributed by atoms with Gasteiger partial charge in [0.05, 0.1) is 0 Å². The molecule has 0 N–H and O–H groups in total. The van der Waals surface area contributed by atoms with E-state index in [4.69, 9.17) is 4.42 Å². The molecule has 0 aliphatic rings. The molecule has 0 unspecified atom stereocenters. The second-order valence-electron chi connectivity index (χ2n) is 7.87. The minimum absolute atomic E-state index is 0.519. The van der Waals surface area contributed by atoms with Crippen LogP contribution in [0.5, 0.6) is 0 Å². The van der Waals surface area contributed by atoms with Crippen molar-refractivity contribution in [1.82, 2.24) is 10.2 Å².